The summed E-state index contributed by atoms with van der Waals surface area (Å²) in [5.74, 6) is -1.84. The van der Waals surface area contributed by atoms with Crippen molar-refractivity contribution >= 4 is 63.7 Å². The predicted molar refractivity (Wildman–Crippen MR) is 140 cm³/mol. The summed E-state index contributed by atoms with van der Waals surface area (Å²) in [5.41, 5.74) is 3.96. The Morgan fingerprint density at radius 2 is 1.75 bits per heavy atom. The van der Waals surface area contributed by atoms with Gasteiger partial charge in [-0.05, 0) is 67.0 Å². The van der Waals surface area contributed by atoms with E-state index in [9.17, 15) is 19.2 Å². The van der Waals surface area contributed by atoms with Gasteiger partial charge in [-0.1, -0.05) is 24.3 Å². The Labute approximate surface area is 216 Å². The first-order valence-corrected chi connectivity index (χ1v) is 12.3. The average molecular weight is 523 g/mol. The quantitative estimate of drug-likeness (QED) is 0.344. The molecule has 184 valence electrons. The SMILES string of the molecule is CCOC(=O)c1ccc(N2C(=O)[C@@H](CC(=O)Nc3ccccc3)N(NC(=O)c3cccs3)C2=S)cc1. The average Bonchev–Trinajstić information content (AvgIpc) is 3.49. The molecule has 2 aromatic carbocycles. The maximum Gasteiger partial charge on any atom is 0.338 e. The number of anilines is 2. The first kappa shape index (κ1) is 25.0. The lowest BCUT2D eigenvalue weighted by Gasteiger charge is -2.24. The van der Waals surface area contributed by atoms with Crippen molar-refractivity contribution in [2.24, 2.45) is 0 Å². The highest BCUT2D eigenvalue weighted by atomic mass is 32.1. The monoisotopic (exact) mass is 522 g/mol. The number of thiocarbonyl (C=S) groups is 1. The number of carbonyl (C=O) groups is 4. The summed E-state index contributed by atoms with van der Waals surface area (Å²) in [4.78, 5) is 52.7. The van der Waals surface area contributed by atoms with Crippen LogP contribution in [0.25, 0.3) is 0 Å². The molecule has 1 atom stereocenters. The van der Waals surface area contributed by atoms with Gasteiger partial charge in [0.05, 0.1) is 29.2 Å². The van der Waals surface area contributed by atoms with Crippen molar-refractivity contribution in [1.29, 1.82) is 0 Å². The van der Waals surface area contributed by atoms with Crippen LogP contribution in [0.2, 0.25) is 0 Å². The largest absolute Gasteiger partial charge is 0.462 e. The minimum absolute atomic E-state index is 0.00584. The molecule has 0 radical (unpaired) electrons. The van der Waals surface area contributed by atoms with E-state index in [1.165, 1.54) is 33.4 Å². The van der Waals surface area contributed by atoms with Crippen molar-refractivity contribution in [2.45, 2.75) is 19.4 Å². The van der Waals surface area contributed by atoms with E-state index in [1.54, 1.807) is 60.8 Å². The van der Waals surface area contributed by atoms with Crippen LogP contribution in [-0.4, -0.2) is 46.5 Å². The van der Waals surface area contributed by atoms with Gasteiger partial charge in [0.1, 0.15) is 6.04 Å². The fraction of sp³-hybridized carbons (Fsp3) is 0.160. The molecule has 2 heterocycles. The zero-order valence-electron chi connectivity index (χ0n) is 19.2. The van der Waals surface area contributed by atoms with Gasteiger partial charge in [-0.15, -0.1) is 11.3 Å². The lowest BCUT2D eigenvalue weighted by atomic mass is 10.1. The molecule has 9 nitrogen and oxygen atoms in total. The molecule has 0 aliphatic carbocycles. The number of para-hydroxylation sites is 1. The van der Waals surface area contributed by atoms with E-state index in [2.05, 4.69) is 10.7 Å². The normalized spacial score (nSPS) is 15.1. The van der Waals surface area contributed by atoms with E-state index in [0.717, 1.165) is 0 Å². The first-order valence-electron chi connectivity index (χ1n) is 11.0. The van der Waals surface area contributed by atoms with Gasteiger partial charge in [-0.25, -0.2) is 9.80 Å². The van der Waals surface area contributed by atoms with Crippen LogP contribution in [0.15, 0.2) is 72.1 Å². The minimum atomic E-state index is -1.07. The summed E-state index contributed by atoms with van der Waals surface area (Å²) in [6.07, 6.45) is -0.254. The zero-order chi connectivity index (χ0) is 25.7. The third kappa shape index (κ3) is 5.42. The van der Waals surface area contributed by atoms with Gasteiger partial charge in [0, 0.05) is 5.69 Å². The fourth-order valence-electron chi connectivity index (χ4n) is 3.58. The molecule has 3 aromatic rings. The third-order valence-electron chi connectivity index (χ3n) is 5.25. The van der Waals surface area contributed by atoms with Crippen LogP contribution < -0.4 is 15.6 Å². The summed E-state index contributed by atoms with van der Waals surface area (Å²) in [6.45, 7) is 1.95. The number of esters is 1. The highest BCUT2D eigenvalue weighted by Crippen LogP contribution is 2.27. The van der Waals surface area contributed by atoms with Gasteiger partial charge in [-0.3, -0.25) is 24.7 Å². The Kier molecular flexibility index (Phi) is 7.71. The molecule has 11 heteroatoms. The maximum absolute atomic E-state index is 13.5. The Morgan fingerprint density at radius 1 is 1.03 bits per heavy atom. The molecule has 1 aromatic heterocycles. The molecule has 1 saturated heterocycles. The van der Waals surface area contributed by atoms with Crippen molar-refractivity contribution in [3.05, 3.63) is 82.6 Å². The zero-order valence-corrected chi connectivity index (χ0v) is 20.8. The predicted octanol–water partition coefficient (Wildman–Crippen LogP) is 3.60. The number of carbonyl (C=O) groups excluding carboxylic acids is 4. The number of nitrogens with one attached hydrogen (secondary N) is 2. The Morgan fingerprint density at radius 3 is 2.39 bits per heavy atom. The van der Waals surface area contributed by atoms with Gasteiger partial charge >= 0.3 is 5.97 Å². The van der Waals surface area contributed by atoms with Crippen LogP contribution >= 0.6 is 23.6 Å². The highest BCUT2D eigenvalue weighted by Gasteiger charge is 2.45. The Bertz CT molecular complexity index is 1280. The second-order valence-electron chi connectivity index (χ2n) is 7.65. The number of hydrogen-bond donors (Lipinski definition) is 2. The number of benzene rings is 2. The number of thiophene rings is 1. The van der Waals surface area contributed by atoms with E-state index in [1.807, 2.05) is 6.07 Å². The summed E-state index contributed by atoms with van der Waals surface area (Å²) in [5, 5.41) is 5.75. The molecular weight excluding hydrogens is 500 g/mol. The molecular formula is C25H22N4O5S2. The molecule has 1 aliphatic heterocycles. The second-order valence-corrected chi connectivity index (χ2v) is 8.96. The number of ether oxygens (including phenoxy) is 1. The molecule has 0 unspecified atom stereocenters. The summed E-state index contributed by atoms with van der Waals surface area (Å²) >= 11 is 6.79. The van der Waals surface area contributed by atoms with Crippen molar-refractivity contribution in [1.82, 2.24) is 10.4 Å². The first-order chi connectivity index (χ1) is 17.4. The van der Waals surface area contributed by atoms with Crippen LogP contribution in [0, 0.1) is 0 Å². The van der Waals surface area contributed by atoms with Crippen molar-refractivity contribution < 1.29 is 23.9 Å². The fourth-order valence-corrected chi connectivity index (χ4v) is 4.56. The number of hydrogen-bond acceptors (Lipinski definition) is 7. The van der Waals surface area contributed by atoms with E-state index in [4.69, 9.17) is 17.0 Å². The van der Waals surface area contributed by atoms with Gasteiger partial charge in [0.25, 0.3) is 11.8 Å². The van der Waals surface area contributed by atoms with E-state index in [-0.39, 0.29) is 18.1 Å². The minimum Gasteiger partial charge on any atom is -0.462 e. The van der Waals surface area contributed by atoms with Gasteiger partial charge < -0.3 is 10.1 Å². The van der Waals surface area contributed by atoms with Crippen molar-refractivity contribution in [2.75, 3.05) is 16.8 Å². The van der Waals surface area contributed by atoms with Gasteiger partial charge in [-0.2, -0.15) is 0 Å². The number of nitrogens with zero attached hydrogens (tertiary/aromatic N) is 2. The molecule has 1 fully saturated rings. The standard InChI is InChI=1S/C25H22N4O5S2/c1-2-34-24(33)16-10-12-18(13-11-16)28-23(32)19(15-21(30)26-17-7-4-3-5-8-17)29(25(28)35)27-22(31)20-9-6-14-36-20/h3-14,19H,2,15H2,1H3,(H,26,30)(H,27,31)/t19-/m1/s1. The summed E-state index contributed by atoms with van der Waals surface area (Å²) in [6, 6.07) is 17.3. The van der Waals surface area contributed by atoms with Crippen LogP contribution in [0.3, 0.4) is 0 Å². The summed E-state index contributed by atoms with van der Waals surface area (Å²) in [7, 11) is 0. The van der Waals surface area contributed by atoms with Crippen molar-refractivity contribution in [3.63, 3.8) is 0 Å². The second kappa shape index (κ2) is 11.1. The van der Waals surface area contributed by atoms with E-state index in [0.29, 0.717) is 21.8 Å². The molecule has 0 spiro atoms. The van der Waals surface area contributed by atoms with Crippen LogP contribution in [0.4, 0.5) is 11.4 Å². The topological polar surface area (TPSA) is 108 Å². The molecule has 2 N–H and O–H groups in total. The van der Waals surface area contributed by atoms with Gasteiger partial charge in [0.15, 0.2) is 0 Å². The number of amides is 3. The van der Waals surface area contributed by atoms with Crippen molar-refractivity contribution in [3.8, 4) is 0 Å². The highest BCUT2D eigenvalue weighted by molar-refractivity contribution is 7.80. The Balaban J connectivity index is 1.58. The number of hydrazine groups is 1. The number of rotatable bonds is 8. The van der Waals surface area contributed by atoms with Crippen LogP contribution in [-0.2, 0) is 14.3 Å². The van der Waals surface area contributed by atoms with E-state index < -0.39 is 29.7 Å². The summed E-state index contributed by atoms with van der Waals surface area (Å²) < 4.78 is 5.00. The molecule has 36 heavy (non-hydrogen) atoms. The molecule has 0 bridgehead atoms. The maximum atomic E-state index is 13.5. The molecule has 0 saturated carbocycles. The van der Waals surface area contributed by atoms with E-state index >= 15 is 0 Å². The Hall–Kier alpha value is -4.09. The lowest BCUT2D eigenvalue weighted by molar-refractivity contribution is -0.124. The smallest absolute Gasteiger partial charge is 0.338 e. The van der Waals surface area contributed by atoms with Crippen LogP contribution in [0.5, 0.6) is 0 Å². The molecule has 3 amide bonds. The lowest BCUT2D eigenvalue weighted by Crippen LogP contribution is -2.49. The third-order valence-corrected chi connectivity index (χ3v) is 6.50. The molecule has 1 aliphatic rings. The van der Waals surface area contributed by atoms with Gasteiger partial charge in [0.2, 0.25) is 11.0 Å². The molecule has 4 rings (SSSR count). The van der Waals surface area contributed by atoms with Crippen LogP contribution in [0.1, 0.15) is 33.4 Å².